The van der Waals surface area contributed by atoms with Crippen molar-refractivity contribution in [3.63, 3.8) is 0 Å². The smallest absolute Gasteiger partial charge is 0.252 e. The summed E-state index contributed by atoms with van der Waals surface area (Å²) in [5, 5.41) is 6.76. The Hall–Kier alpha value is -3.13. The summed E-state index contributed by atoms with van der Waals surface area (Å²) in [7, 11) is 0. The molecule has 176 valence electrons. The van der Waals surface area contributed by atoms with Crippen LogP contribution in [0, 0.1) is 0 Å². The lowest BCUT2D eigenvalue weighted by Gasteiger charge is -2.32. The van der Waals surface area contributed by atoms with Gasteiger partial charge in [-0.2, -0.15) is 0 Å². The molecule has 0 spiro atoms. The van der Waals surface area contributed by atoms with E-state index < -0.39 is 5.91 Å². The number of ether oxygens (including phenoxy) is 1. The van der Waals surface area contributed by atoms with Gasteiger partial charge in [0.05, 0.1) is 11.3 Å². The highest BCUT2D eigenvalue weighted by Crippen LogP contribution is 2.30. The Labute approximate surface area is 194 Å². The summed E-state index contributed by atoms with van der Waals surface area (Å²) >= 11 is 0. The van der Waals surface area contributed by atoms with Gasteiger partial charge in [-0.15, -0.1) is 0 Å². The number of pyridine rings is 1. The van der Waals surface area contributed by atoms with Gasteiger partial charge in [-0.05, 0) is 49.3 Å². The third-order valence-corrected chi connectivity index (χ3v) is 6.55. The third kappa shape index (κ3) is 5.82. The van der Waals surface area contributed by atoms with Crippen molar-refractivity contribution in [3.05, 3.63) is 47.7 Å². The molecule has 0 bridgehead atoms. The van der Waals surface area contributed by atoms with Crippen molar-refractivity contribution in [3.8, 4) is 0 Å². The van der Waals surface area contributed by atoms with Gasteiger partial charge in [0, 0.05) is 56.7 Å². The molecule has 0 unspecified atom stereocenters. The normalized spacial score (nSPS) is 17.5. The van der Waals surface area contributed by atoms with Crippen LogP contribution in [0.3, 0.4) is 0 Å². The molecule has 1 aromatic heterocycles. The van der Waals surface area contributed by atoms with Crippen molar-refractivity contribution in [2.75, 3.05) is 36.9 Å². The molecule has 2 saturated heterocycles. The van der Waals surface area contributed by atoms with E-state index in [1.54, 1.807) is 0 Å². The Morgan fingerprint density at radius 2 is 1.82 bits per heavy atom. The Kier molecular flexibility index (Phi) is 7.44. The average molecular weight is 452 g/mol. The number of nitrogens with two attached hydrogens (primary N) is 1. The zero-order chi connectivity index (χ0) is 23.2. The van der Waals surface area contributed by atoms with Gasteiger partial charge < -0.3 is 26.0 Å². The zero-order valence-electron chi connectivity index (χ0n) is 19.2. The fourth-order valence-electron chi connectivity index (χ4n) is 4.57. The number of hydrogen-bond donors (Lipinski definition) is 3. The number of likely N-dealkylation sites (tertiary alicyclic amines) is 1. The van der Waals surface area contributed by atoms with Crippen LogP contribution in [0.4, 0.5) is 17.2 Å². The Balaban J connectivity index is 1.41. The van der Waals surface area contributed by atoms with Gasteiger partial charge in [0.1, 0.15) is 5.82 Å². The van der Waals surface area contributed by atoms with Crippen LogP contribution in [-0.2, 0) is 9.53 Å². The van der Waals surface area contributed by atoms with E-state index in [4.69, 9.17) is 10.5 Å². The number of carbonyl (C=O) groups excluding carboxylic acids is 2. The standard InChI is InChI=1S/C25H33N5O3/c1-2-24(31)30-11-7-18(8-12-30)17-3-5-19(6-4-17)29-23-15-22(21(16-27-23)25(26)32)28-20-9-13-33-14-10-20/h3-6,15-16,18,20H,2,7-14H2,1H3,(H2,26,32)(H2,27,28,29). The largest absolute Gasteiger partial charge is 0.381 e. The molecule has 4 N–H and O–H groups in total. The van der Waals surface area contributed by atoms with Gasteiger partial charge in [-0.1, -0.05) is 19.1 Å². The molecule has 0 aliphatic carbocycles. The number of aromatic nitrogens is 1. The summed E-state index contributed by atoms with van der Waals surface area (Å²) in [5.41, 5.74) is 8.85. The molecule has 2 aliphatic heterocycles. The molecule has 3 heterocycles. The van der Waals surface area contributed by atoms with E-state index in [0.717, 1.165) is 44.5 Å². The lowest BCUT2D eigenvalue weighted by molar-refractivity contribution is -0.131. The van der Waals surface area contributed by atoms with Gasteiger partial charge in [-0.25, -0.2) is 4.98 Å². The molecule has 8 nitrogen and oxygen atoms in total. The van der Waals surface area contributed by atoms with Crippen molar-refractivity contribution in [1.29, 1.82) is 0 Å². The van der Waals surface area contributed by atoms with Crippen molar-refractivity contribution < 1.29 is 14.3 Å². The van der Waals surface area contributed by atoms with Crippen LogP contribution in [0.2, 0.25) is 0 Å². The molecular formula is C25H33N5O3. The molecule has 2 aromatic rings. The first-order chi connectivity index (χ1) is 16.0. The molecule has 0 atom stereocenters. The summed E-state index contributed by atoms with van der Waals surface area (Å²) in [4.78, 5) is 30.1. The maximum atomic E-state index is 11.9. The van der Waals surface area contributed by atoms with Gasteiger partial charge in [0.25, 0.3) is 5.91 Å². The van der Waals surface area contributed by atoms with Crippen molar-refractivity contribution in [1.82, 2.24) is 9.88 Å². The highest BCUT2D eigenvalue weighted by atomic mass is 16.5. The minimum absolute atomic E-state index is 0.241. The van der Waals surface area contributed by atoms with Gasteiger partial charge in [-0.3, -0.25) is 9.59 Å². The SMILES string of the molecule is CCC(=O)N1CCC(c2ccc(Nc3cc(NC4CCOCC4)c(C(N)=O)cn3)cc2)CC1. The van der Waals surface area contributed by atoms with E-state index in [2.05, 4.69) is 27.8 Å². The van der Waals surface area contributed by atoms with E-state index >= 15 is 0 Å². The monoisotopic (exact) mass is 451 g/mol. The maximum absolute atomic E-state index is 11.9. The highest BCUT2D eigenvalue weighted by Gasteiger charge is 2.23. The van der Waals surface area contributed by atoms with Crippen LogP contribution in [0.1, 0.15) is 60.9 Å². The van der Waals surface area contributed by atoms with Gasteiger partial charge >= 0.3 is 0 Å². The molecule has 2 aliphatic rings. The Bertz CT molecular complexity index is 965. The van der Waals surface area contributed by atoms with Crippen LogP contribution in [0.5, 0.6) is 0 Å². The number of nitrogens with zero attached hydrogens (tertiary/aromatic N) is 2. The molecule has 33 heavy (non-hydrogen) atoms. The lowest BCUT2D eigenvalue weighted by atomic mass is 9.89. The number of primary amides is 1. The number of hydrogen-bond acceptors (Lipinski definition) is 6. The fraction of sp³-hybridized carbons (Fsp3) is 0.480. The molecule has 4 rings (SSSR count). The van der Waals surface area contributed by atoms with Gasteiger partial charge in [0.2, 0.25) is 5.91 Å². The Morgan fingerprint density at radius 1 is 1.12 bits per heavy atom. The predicted molar refractivity (Wildman–Crippen MR) is 129 cm³/mol. The van der Waals surface area contributed by atoms with Crippen LogP contribution in [0.25, 0.3) is 0 Å². The minimum Gasteiger partial charge on any atom is -0.381 e. The molecule has 2 fully saturated rings. The topological polar surface area (TPSA) is 110 Å². The molecular weight excluding hydrogens is 418 g/mol. The number of nitrogens with one attached hydrogen (secondary N) is 2. The average Bonchev–Trinajstić information content (AvgIpc) is 2.85. The van der Waals surface area contributed by atoms with Crippen LogP contribution < -0.4 is 16.4 Å². The summed E-state index contributed by atoms with van der Waals surface area (Å²) in [5.74, 6) is 0.866. The minimum atomic E-state index is -0.500. The van der Waals surface area contributed by atoms with Crippen molar-refractivity contribution >= 4 is 29.0 Å². The number of amides is 2. The quantitative estimate of drug-likeness (QED) is 0.593. The van der Waals surface area contributed by atoms with Gasteiger partial charge in [0.15, 0.2) is 0 Å². The highest BCUT2D eigenvalue weighted by molar-refractivity contribution is 5.98. The number of benzene rings is 1. The third-order valence-electron chi connectivity index (χ3n) is 6.55. The number of piperidine rings is 1. The van der Waals surface area contributed by atoms with Crippen molar-refractivity contribution in [2.45, 2.75) is 51.0 Å². The zero-order valence-corrected chi connectivity index (χ0v) is 19.2. The maximum Gasteiger partial charge on any atom is 0.252 e. The van der Waals surface area contributed by atoms with E-state index in [0.29, 0.717) is 42.6 Å². The Morgan fingerprint density at radius 3 is 2.45 bits per heavy atom. The first kappa shape index (κ1) is 23.0. The summed E-state index contributed by atoms with van der Waals surface area (Å²) < 4.78 is 5.42. The lowest BCUT2D eigenvalue weighted by Crippen LogP contribution is -2.37. The number of rotatable bonds is 7. The summed E-state index contributed by atoms with van der Waals surface area (Å²) in [6.45, 7) is 4.99. The second kappa shape index (κ2) is 10.7. The van der Waals surface area contributed by atoms with Crippen LogP contribution >= 0.6 is 0 Å². The molecule has 8 heteroatoms. The molecule has 0 saturated carbocycles. The van der Waals surface area contributed by atoms with Crippen LogP contribution in [0.15, 0.2) is 36.5 Å². The fourth-order valence-corrected chi connectivity index (χ4v) is 4.57. The summed E-state index contributed by atoms with van der Waals surface area (Å²) in [6.07, 6.45) is 5.86. The van der Waals surface area contributed by atoms with Crippen LogP contribution in [-0.4, -0.2) is 54.0 Å². The predicted octanol–water partition coefficient (Wildman–Crippen LogP) is 3.63. The molecule has 1 aromatic carbocycles. The molecule has 0 radical (unpaired) electrons. The molecule has 2 amide bonds. The van der Waals surface area contributed by atoms with E-state index in [9.17, 15) is 9.59 Å². The second-order valence-corrected chi connectivity index (χ2v) is 8.77. The van der Waals surface area contributed by atoms with E-state index in [-0.39, 0.29) is 11.9 Å². The number of anilines is 3. The summed E-state index contributed by atoms with van der Waals surface area (Å²) in [6, 6.07) is 10.5. The van der Waals surface area contributed by atoms with Crippen molar-refractivity contribution in [2.24, 2.45) is 5.73 Å². The van der Waals surface area contributed by atoms with E-state index in [1.807, 2.05) is 30.0 Å². The van der Waals surface area contributed by atoms with E-state index in [1.165, 1.54) is 11.8 Å². The second-order valence-electron chi connectivity index (χ2n) is 8.77. The first-order valence-corrected chi connectivity index (χ1v) is 11.8. The number of carbonyl (C=O) groups is 2. The first-order valence-electron chi connectivity index (χ1n) is 11.8.